The zero-order valence-electron chi connectivity index (χ0n) is 11.2. The van der Waals surface area contributed by atoms with Crippen molar-refractivity contribution in [1.29, 1.82) is 0 Å². The number of hydrogen-bond acceptors (Lipinski definition) is 6. The summed E-state index contributed by atoms with van der Waals surface area (Å²) in [5.74, 6) is 0.171. The summed E-state index contributed by atoms with van der Waals surface area (Å²) in [5.41, 5.74) is 1.35. The van der Waals surface area contributed by atoms with Gasteiger partial charge >= 0.3 is 12.0 Å². The third-order valence-electron chi connectivity index (χ3n) is 2.99. The van der Waals surface area contributed by atoms with E-state index in [-0.39, 0.29) is 5.95 Å². The van der Waals surface area contributed by atoms with Crippen molar-refractivity contribution in [2.24, 2.45) is 0 Å². The molecule has 1 aliphatic rings. The Kier molecular flexibility index (Phi) is 4.38. The van der Waals surface area contributed by atoms with Gasteiger partial charge in [-0.1, -0.05) is 0 Å². The van der Waals surface area contributed by atoms with Gasteiger partial charge in [0, 0.05) is 18.1 Å². The lowest BCUT2D eigenvalue weighted by Crippen LogP contribution is -2.52. The molecule has 1 saturated heterocycles. The number of nitrogens with zero attached hydrogens (tertiary/aromatic N) is 4. The molecule has 108 valence electrons. The highest BCUT2D eigenvalue weighted by Crippen LogP contribution is 2.17. The first-order valence-electron chi connectivity index (χ1n) is 6.05. The molecule has 9 heteroatoms. The van der Waals surface area contributed by atoms with Crippen LogP contribution in [-0.4, -0.2) is 61.3 Å². The largest absolute Gasteiger partial charge is 0.480 e. The number of carboxylic acid groups (broad SMARTS) is 1. The maximum atomic E-state index is 12.1. The fraction of sp³-hybridized carbons (Fsp3) is 0.545. The molecule has 0 aliphatic carbocycles. The molecule has 2 rings (SSSR count). The van der Waals surface area contributed by atoms with Crippen LogP contribution in [0, 0.1) is 13.8 Å². The lowest BCUT2D eigenvalue weighted by molar-refractivity contribution is -0.141. The minimum Gasteiger partial charge on any atom is -0.480 e. The highest BCUT2D eigenvalue weighted by atomic mass is 32.2. The number of aromatic nitrogens is 3. The molecule has 0 radical (unpaired) electrons. The summed E-state index contributed by atoms with van der Waals surface area (Å²) in [6.07, 6.45) is 0. The van der Waals surface area contributed by atoms with E-state index in [0.717, 1.165) is 0 Å². The fourth-order valence-corrected chi connectivity index (χ4v) is 2.77. The number of anilines is 1. The van der Waals surface area contributed by atoms with Crippen molar-refractivity contribution in [1.82, 2.24) is 20.1 Å². The Morgan fingerprint density at radius 2 is 2.10 bits per heavy atom. The Balaban J connectivity index is 2.09. The van der Waals surface area contributed by atoms with Gasteiger partial charge in [-0.3, -0.25) is 5.32 Å². The predicted molar refractivity (Wildman–Crippen MR) is 73.8 cm³/mol. The van der Waals surface area contributed by atoms with Gasteiger partial charge in [0.1, 0.15) is 6.04 Å². The molecule has 0 saturated carbocycles. The number of hydrogen-bond donors (Lipinski definition) is 2. The lowest BCUT2D eigenvalue weighted by atomic mass is 10.3. The second-order valence-electron chi connectivity index (χ2n) is 4.36. The highest BCUT2D eigenvalue weighted by Gasteiger charge is 2.32. The standard InChI is InChI=1S/C11H15N5O3S/c1-6-7(2)14-15-10(12-6)13-11(19)16-3-4-20-5-8(16)9(17)18/h8H,3-5H2,1-2H3,(H,17,18)(H,12,13,15,19). The Bertz CT molecular complexity index is 539. The van der Waals surface area contributed by atoms with Gasteiger partial charge in [-0.25, -0.2) is 14.6 Å². The van der Waals surface area contributed by atoms with Gasteiger partial charge in [0.25, 0.3) is 5.95 Å². The summed E-state index contributed by atoms with van der Waals surface area (Å²) in [6.45, 7) is 3.91. The fourth-order valence-electron chi connectivity index (χ4n) is 1.73. The highest BCUT2D eigenvalue weighted by molar-refractivity contribution is 7.99. The second kappa shape index (κ2) is 6.04. The first-order valence-corrected chi connectivity index (χ1v) is 7.20. The quantitative estimate of drug-likeness (QED) is 0.819. The summed E-state index contributed by atoms with van der Waals surface area (Å²) in [5, 5.41) is 19.3. The Labute approximate surface area is 120 Å². The number of nitrogens with one attached hydrogen (secondary N) is 1. The summed E-state index contributed by atoms with van der Waals surface area (Å²) in [7, 11) is 0. The third-order valence-corrected chi connectivity index (χ3v) is 4.01. The minimum absolute atomic E-state index is 0.0838. The molecule has 2 heterocycles. The molecule has 1 aromatic heterocycles. The van der Waals surface area contributed by atoms with Crippen LogP contribution in [-0.2, 0) is 4.79 Å². The summed E-state index contributed by atoms with van der Waals surface area (Å²) < 4.78 is 0. The SMILES string of the molecule is Cc1nnc(NC(=O)N2CCSCC2C(=O)O)nc1C. The maximum absolute atomic E-state index is 12.1. The van der Waals surface area contributed by atoms with Crippen molar-refractivity contribution in [2.75, 3.05) is 23.4 Å². The first kappa shape index (κ1) is 14.5. The number of amides is 2. The number of rotatable bonds is 2. The van der Waals surface area contributed by atoms with E-state index >= 15 is 0 Å². The second-order valence-corrected chi connectivity index (χ2v) is 5.51. The van der Waals surface area contributed by atoms with Crippen LogP contribution in [0.4, 0.5) is 10.7 Å². The van der Waals surface area contributed by atoms with Gasteiger partial charge in [0.2, 0.25) is 0 Å². The predicted octanol–water partition coefficient (Wildman–Crippen LogP) is 0.522. The van der Waals surface area contributed by atoms with Crippen LogP contribution in [0.3, 0.4) is 0 Å². The van der Waals surface area contributed by atoms with Crippen molar-refractivity contribution < 1.29 is 14.7 Å². The van der Waals surface area contributed by atoms with Crippen molar-refractivity contribution in [3.63, 3.8) is 0 Å². The number of urea groups is 1. The van der Waals surface area contributed by atoms with Crippen molar-refractivity contribution in [2.45, 2.75) is 19.9 Å². The zero-order valence-corrected chi connectivity index (χ0v) is 12.0. The van der Waals surface area contributed by atoms with Gasteiger partial charge in [-0.05, 0) is 13.8 Å². The van der Waals surface area contributed by atoms with E-state index in [1.165, 1.54) is 16.7 Å². The molecule has 8 nitrogen and oxygen atoms in total. The molecule has 2 amide bonds. The van der Waals surface area contributed by atoms with E-state index < -0.39 is 18.0 Å². The molecule has 1 aliphatic heterocycles. The normalized spacial score (nSPS) is 18.7. The Morgan fingerprint density at radius 3 is 2.75 bits per heavy atom. The van der Waals surface area contributed by atoms with Crippen LogP contribution in [0.25, 0.3) is 0 Å². The monoisotopic (exact) mass is 297 g/mol. The number of thioether (sulfide) groups is 1. The summed E-state index contributed by atoms with van der Waals surface area (Å²) in [6, 6.07) is -1.34. The average Bonchev–Trinajstić information content (AvgIpc) is 2.43. The van der Waals surface area contributed by atoms with Crippen LogP contribution in [0.15, 0.2) is 0 Å². The van der Waals surface area contributed by atoms with Gasteiger partial charge in [-0.2, -0.15) is 16.9 Å². The minimum atomic E-state index is -1.01. The van der Waals surface area contributed by atoms with E-state index in [4.69, 9.17) is 5.11 Å². The van der Waals surface area contributed by atoms with Crippen LogP contribution in [0.2, 0.25) is 0 Å². The smallest absolute Gasteiger partial charge is 0.327 e. The van der Waals surface area contributed by atoms with Gasteiger partial charge in [0.05, 0.1) is 11.4 Å². The van der Waals surface area contributed by atoms with Crippen molar-refractivity contribution in [3.05, 3.63) is 11.4 Å². The first-order chi connectivity index (χ1) is 9.49. The molecule has 1 unspecified atom stereocenters. The van der Waals surface area contributed by atoms with Crippen LogP contribution in [0.1, 0.15) is 11.4 Å². The van der Waals surface area contributed by atoms with Crippen molar-refractivity contribution >= 4 is 29.7 Å². The van der Waals surface area contributed by atoms with Crippen LogP contribution >= 0.6 is 11.8 Å². The van der Waals surface area contributed by atoms with Gasteiger partial charge in [-0.15, -0.1) is 5.10 Å². The van der Waals surface area contributed by atoms with E-state index in [0.29, 0.717) is 29.4 Å². The molecule has 2 N–H and O–H groups in total. The Morgan fingerprint density at radius 1 is 1.35 bits per heavy atom. The van der Waals surface area contributed by atoms with Gasteiger partial charge in [0.15, 0.2) is 0 Å². The molecule has 0 spiro atoms. The number of carbonyl (C=O) groups excluding carboxylic acids is 1. The lowest BCUT2D eigenvalue weighted by Gasteiger charge is -2.32. The Hall–Kier alpha value is -1.90. The third kappa shape index (κ3) is 3.16. The summed E-state index contributed by atoms with van der Waals surface area (Å²) >= 11 is 1.52. The van der Waals surface area contributed by atoms with E-state index in [9.17, 15) is 9.59 Å². The van der Waals surface area contributed by atoms with E-state index in [1.54, 1.807) is 13.8 Å². The molecule has 1 atom stereocenters. The van der Waals surface area contributed by atoms with E-state index in [2.05, 4.69) is 20.5 Å². The molecule has 0 bridgehead atoms. The maximum Gasteiger partial charge on any atom is 0.327 e. The molecule has 1 aromatic rings. The number of carbonyl (C=O) groups is 2. The number of carboxylic acids is 1. The molecular formula is C11H15N5O3S. The van der Waals surface area contributed by atoms with Gasteiger partial charge < -0.3 is 10.0 Å². The molecule has 1 fully saturated rings. The molecule has 20 heavy (non-hydrogen) atoms. The summed E-state index contributed by atoms with van der Waals surface area (Å²) in [4.78, 5) is 28.6. The van der Waals surface area contributed by atoms with E-state index in [1.807, 2.05) is 0 Å². The molecule has 0 aromatic carbocycles. The topological polar surface area (TPSA) is 108 Å². The number of aliphatic carboxylic acids is 1. The van der Waals surface area contributed by atoms with Crippen molar-refractivity contribution in [3.8, 4) is 0 Å². The molecular weight excluding hydrogens is 282 g/mol. The average molecular weight is 297 g/mol. The van der Waals surface area contributed by atoms with Crippen LogP contribution in [0.5, 0.6) is 0 Å². The van der Waals surface area contributed by atoms with Crippen LogP contribution < -0.4 is 5.32 Å². The zero-order chi connectivity index (χ0) is 14.7. The number of aryl methyl sites for hydroxylation is 2.